The van der Waals surface area contributed by atoms with Gasteiger partial charge in [0.2, 0.25) is 0 Å². The summed E-state index contributed by atoms with van der Waals surface area (Å²) in [7, 11) is 0. The molecule has 0 unspecified atom stereocenters. The maximum atomic E-state index is 13.3. The average Bonchev–Trinajstić information content (AvgIpc) is 3.18. The molecule has 0 radical (unpaired) electrons. The largest absolute Gasteiger partial charge is 0.417 e. The molecule has 0 atom stereocenters. The van der Waals surface area contributed by atoms with E-state index in [1.165, 1.54) is 0 Å². The van der Waals surface area contributed by atoms with Crippen LogP contribution in [0.2, 0.25) is 5.02 Å². The van der Waals surface area contributed by atoms with Gasteiger partial charge in [0.25, 0.3) is 0 Å². The van der Waals surface area contributed by atoms with Crippen molar-refractivity contribution in [3.05, 3.63) is 59.0 Å². The highest BCUT2D eigenvalue weighted by Crippen LogP contribution is 2.48. The van der Waals surface area contributed by atoms with Gasteiger partial charge in [0.05, 0.1) is 18.4 Å². The third-order valence-electron chi connectivity index (χ3n) is 7.68. The molecule has 0 bridgehead atoms. The molecular formula is C24H25ClF3N7O. The molecule has 8 nitrogen and oxygen atoms in total. The number of hydrogen-bond acceptors (Lipinski definition) is 7. The van der Waals surface area contributed by atoms with Gasteiger partial charge in [-0.2, -0.15) is 13.2 Å². The number of hydrogen-bond donors (Lipinski definition) is 1. The first-order chi connectivity index (χ1) is 17.2. The van der Waals surface area contributed by atoms with Crippen molar-refractivity contribution in [3.8, 4) is 5.69 Å². The highest BCUT2D eigenvalue weighted by atomic mass is 35.5. The number of benzene rings is 1. The third kappa shape index (κ3) is 4.03. The van der Waals surface area contributed by atoms with Gasteiger partial charge in [0.1, 0.15) is 11.6 Å². The minimum atomic E-state index is -4.63. The fraction of sp³-hybridized carbons (Fsp3) is 0.500. The number of alkyl halides is 3. The van der Waals surface area contributed by atoms with Crippen LogP contribution in [0.1, 0.15) is 48.8 Å². The van der Waals surface area contributed by atoms with Crippen molar-refractivity contribution in [2.75, 3.05) is 18.0 Å². The van der Waals surface area contributed by atoms with Crippen LogP contribution in [0.5, 0.6) is 0 Å². The van der Waals surface area contributed by atoms with Gasteiger partial charge in [-0.3, -0.25) is 14.5 Å². The molecule has 4 heterocycles. The number of nitrogens with zero attached hydrogens (tertiary/aromatic N) is 7. The SMILES string of the molecule is OC1(C(F)(F)F)CC(N2Cc3cc(Cl)ccc3-n3c(nnc3C3CCN(c4cnccn4)CC3)C2)C1. The third-order valence-corrected chi connectivity index (χ3v) is 7.91. The monoisotopic (exact) mass is 519 g/mol. The van der Waals surface area contributed by atoms with Crippen LogP contribution in [-0.2, 0) is 13.1 Å². The molecule has 0 spiro atoms. The number of piperidine rings is 1. The van der Waals surface area contributed by atoms with Crippen molar-refractivity contribution < 1.29 is 18.3 Å². The van der Waals surface area contributed by atoms with E-state index in [-0.39, 0.29) is 18.8 Å². The highest BCUT2D eigenvalue weighted by Gasteiger charge is 2.62. The standard InChI is InChI=1S/C24H25ClF3N7O/c25-17-1-2-19-16(9-17)13-34(18-10-23(36,11-18)24(26,27)28)14-21-31-32-22(35(19)21)15-3-7-33(8-4-15)20-12-29-5-6-30-20/h1-2,5-6,9,12,15,18,36H,3-4,7-8,10-11,13-14H2. The molecule has 1 N–H and O–H groups in total. The van der Waals surface area contributed by atoms with Gasteiger partial charge in [-0.15, -0.1) is 10.2 Å². The number of anilines is 1. The summed E-state index contributed by atoms with van der Waals surface area (Å²) in [6.07, 6.45) is 1.49. The lowest BCUT2D eigenvalue weighted by Crippen LogP contribution is -2.61. The molecule has 36 heavy (non-hydrogen) atoms. The molecule has 6 rings (SSSR count). The Morgan fingerprint density at radius 1 is 1.06 bits per heavy atom. The van der Waals surface area contributed by atoms with Crippen LogP contribution in [0, 0.1) is 0 Å². The summed E-state index contributed by atoms with van der Waals surface area (Å²) in [5.41, 5.74) is -0.822. The topological polar surface area (TPSA) is 83.2 Å². The van der Waals surface area contributed by atoms with Crippen molar-refractivity contribution in [1.29, 1.82) is 0 Å². The molecule has 2 aromatic heterocycles. The summed E-state index contributed by atoms with van der Waals surface area (Å²) < 4.78 is 41.8. The fourth-order valence-electron chi connectivity index (χ4n) is 5.60. The predicted molar refractivity (Wildman–Crippen MR) is 126 cm³/mol. The average molecular weight is 520 g/mol. The van der Waals surface area contributed by atoms with Gasteiger partial charge in [-0.1, -0.05) is 11.6 Å². The zero-order chi connectivity index (χ0) is 25.1. The van der Waals surface area contributed by atoms with Crippen LogP contribution in [0.4, 0.5) is 19.0 Å². The van der Waals surface area contributed by atoms with E-state index < -0.39 is 17.8 Å². The van der Waals surface area contributed by atoms with E-state index in [0.717, 1.165) is 48.8 Å². The zero-order valence-corrected chi connectivity index (χ0v) is 20.1. The lowest BCUT2D eigenvalue weighted by molar-refractivity contribution is -0.300. The van der Waals surface area contributed by atoms with Gasteiger partial charge in [0, 0.05) is 61.9 Å². The molecular weight excluding hydrogens is 495 g/mol. The molecule has 2 fully saturated rings. The number of rotatable bonds is 3. The van der Waals surface area contributed by atoms with E-state index in [2.05, 4.69) is 29.6 Å². The summed E-state index contributed by atoms with van der Waals surface area (Å²) in [5, 5.41) is 19.6. The lowest BCUT2D eigenvalue weighted by atomic mass is 9.74. The first-order valence-electron chi connectivity index (χ1n) is 12.0. The van der Waals surface area contributed by atoms with Crippen molar-refractivity contribution in [2.45, 2.75) is 62.5 Å². The summed E-state index contributed by atoms with van der Waals surface area (Å²) >= 11 is 6.31. The quantitative estimate of drug-likeness (QED) is 0.562. The van der Waals surface area contributed by atoms with E-state index in [1.54, 1.807) is 18.6 Å². The number of halogens is 4. The summed E-state index contributed by atoms with van der Waals surface area (Å²) in [6, 6.07) is 5.18. The number of aliphatic hydroxyl groups is 1. The van der Waals surface area contributed by atoms with Crippen molar-refractivity contribution in [3.63, 3.8) is 0 Å². The second kappa shape index (κ2) is 8.67. The summed E-state index contributed by atoms with van der Waals surface area (Å²) in [4.78, 5) is 12.7. The number of fused-ring (bicyclic) bond motifs is 3. The zero-order valence-electron chi connectivity index (χ0n) is 19.4. The van der Waals surface area contributed by atoms with Gasteiger partial charge >= 0.3 is 6.18 Å². The lowest BCUT2D eigenvalue weighted by Gasteiger charge is -2.48. The minimum absolute atomic E-state index is 0.174. The first kappa shape index (κ1) is 23.6. The maximum Gasteiger partial charge on any atom is 0.417 e. The molecule has 190 valence electrons. The van der Waals surface area contributed by atoms with E-state index in [0.29, 0.717) is 23.9 Å². The molecule has 0 amide bonds. The molecule has 2 aliphatic heterocycles. The van der Waals surface area contributed by atoms with Crippen LogP contribution in [-0.4, -0.2) is 65.6 Å². The van der Waals surface area contributed by atoms with Crippen LogP contribution in [0.15, 0.2) is 36.8 Å². The Kier molecular flexibility index (Phi) is 5.69. The Bertz CT molecular complexity index is 1250. The normalized spacial score (nSPS) is 25.1. The van der Waals surface area contributed by atoms with Gasteiger partial charge in [-0.05, 0) is 36.6 Å². The van der Waals surface area contributed by atoms with E-state index >= 15 is 0 Å². The van der Waals surface area contributed by atoms with E-state index in [4.69, 9.17) is 11.6 Å². The van der Waals surface area contributed by atoms with Crippen LogP contribution in [0.25, 0.3) is 5.69 Å². The van der Waals surface area contributed by atoms with Gasteiger partial charge in [-0.25, -0.2) is 4.98 Å². The van der Waals surface area contributed by atoms with Crippen molar-refractivity contribution in [2.24, 2.45) is 0 Å². The molecule has 12 heteroatoms. The second-order valence-corrected chi connectivity index (χ2v) is 10.3. The molecule has 3 aromatic rings. The summed E-state index contributed by atoms with van der Waals surface area (Å²) in [6.45, 7) is 2.38. The van der Waals surface area contributed by atoms with E-state index in [9.17, 15) is 18.3 Å². The molecule has 1 saturated heterocycles. The number of aromatic nitrogens is 5. The van der Waals surface area contributed by atoms with Crippen LogP contribution >= 0.6 is 11.6 Å². The Labute approximate surface area is 210 Å². The molecule has 3 aliphatic rings. The van der Waals surface area contributed by atoms with Crippen LogP contribution in [0.3, 0.4) is 0 Å². The first-order valence-corrected chi connectivity index (χ1v) is 12.4. The Morgan fingerprint density at radius 3 is 2.53 bits per heavy atom. The highest BCUT2D eigenvalue weighted by molar-refractivity contribution is 6.30. The smallest absolute Gasteiger partial charge is 0.380 e. The molecule has 1 aromatic carbocycles. The van der Waals surface area contributed by atoms with Crippen molar-refractivity contribution in [1.82, 2.24) is 29.6 Å². The maximum absolute atomic E-state index is 13.3. The van der Waals surface area contributed by atoms with Crippen LogP contribution < -0.4 is 4.90 Å². The minimum Gasteiger partial charge on any atom is -0.380 e. The Balaban J connectivity index is 1.27. The second-order valence-electron chi connectivity index (χ2n) is 9.90. The molecule has 1 aliphatic carbocycles. The molecule has 1 saturated carbocycles. The van der Waals surface area contributed by atoms with Gasteiger partial charge in [0.15, 0.2) is 11.4 Å². The van der Waals surface area contributed by atoms with Gasteiger partial charge < -0.3 is 10.0 Å². The van der Waals surface area contributed by atoms with Crippen molar-refractivity contribution >= 4 is 17.4 Å². The Hall–Kier alpha value is -2.76. The Morgan fingerprint density at radius 2 is 1.83 bits per heavy atom. The predicted octanol–water partition coefficient (Wildman–Crippen LogP) is 3.87. The fourth-order valence-corrected chi connectivity index (χ4v) is 5.80. The van der Waals surface area contributed by atoms with E-state index in [1.807, 2.05) is 23.1 Å². The summed E-state index contributed by atoms with van der Waals surface area (Å²) in [5.74, 6) is 2.57.